The molecule has 0 radical (unpaired) electrons. The Morgan fingerprint density at radius 1 is 1.40 bits per heavy atom. The van der Waals surface area contributed by atoms with Crippen LogP contribution in [0.4, 0.5) is 0 Å². The van der Waals surface area contributed by atoms with Crippen molar-refractivity contribution in [2.45, 2.75) is 45.1 Å². The molecule has 0 bridgehead atoms. The highest BCUT2D eigenvalue weighted by Gasteiger charge is 2.28. The highest BCUT2D eigenvalue weighted by molar-refractivity contribution is 7.11. The third-order valence-electron chi connectivity index (χ3n) is 3.44. The first kappa shape index (κ1) is 11.0. The molecule has 1 aromatic rings. The fourth-order valence-corrected chi connectivity index (χ4v) is 3.38. The Morgan fingerprint density at radius 2 is 2.20 bits per heavy atom. The van der Waals surface area contributed by atoms with E-state index in [1.165, 1.54) is 24.3 Å². The van der Waals surface area contributed by atoms with Crippen molar-refractivity contribution in [1.29, 1.82) is 0 Å². The topological polar surface area (TPSA) is 37.8 Å². The predicted octanol–water partition coefficient (Wildman–Crippen LogP) is 2.72. The maximum atomic E-state index is 4.35. The fourth-order valence-electron chi connectivity index (χ4n) is 2.21. The Labute approximate surface area is 95.3 Å². The maximum absolute atomic E-state index is 4.35. The van der Waals surface area contributed by atoms with Crippen molar-refractivity contribution >= 4 is 11.3 Å². The zero-order valence-electron chi connectivity index (χ0n) is 9.66. The lowest BCUT2D eigenvalue weighted by Crippen LogP contribution is -2.11. The first-order valence-corrected chi connectivity index (χ1v) is 6.54. The molecule has 2 rings (SSSR count). The summed E-state index contributed by atoms with van der Waals surface area (Å²) in [4.78, 5) is 0. The van der Waals surface area contributed by atoms with Crippen LogP contribution in [0.2, 0.25) is 0 Å². The van der Waals surface area contributed by atoms with Gasteiger partial charge in [0.05, 0.1) is 6.04 Å². The molecular formula is C11H19N3S. The standard InChI is InChI=1S/C11H19N3S/c1-7-5-4-6-9(7)11-14-13-10(15-11)8(2)12-3/h7-9,12H,4-6H2,1-3H3. The normalized spacial score (nSPS) is 28.2. The lowest BCUT2D eigenvalue weighted by molar-refractivity contribution is 0.527. The number of hydrogen-bond acceptors (Lipinski definition) is 4. The van der Waals surface area contributed by atoms with Gasteiger partial charge in [-0.15, -0.1) is 10.2 Å². The van der Waals surface area contributed by atoms with Gasteiger partial charge in [0.1, 0.15) is 10.0 Å². The van der Waals surface area contributed by atoms with Crippen molar-refractivity contribution in [1.82, 2.24) is 15.5 Å². The van der Waals surface area contributed by atoms with Crippen molar-refractivity contribution < 1.29 is 0 Å². The molecular weight excluding hydrogens is 206 g/mol. The lowest BCUT2D eigenvalue weighted by atomic mass is 9.99. The van der Waals surface area contributed by atoms with Crippen LogP contribution in [-0.4, -0.2) is 17.2 Å². The molecule has 3 nitrogen and oxygen atoms in total. The van der Waals surface area contributed by atoms with Crippen LogP contribution in [0.1, 0.15) is 55.1 Å². The summed E-state index contributed by atoms with van der Waals surface area (Å²) in [7, 11) is 1.96. The van der Waals surface area contributed by atoms with E-state index in [1.54, 1.807) is 11.3 Å². The van der Waals surface area contributed by atoms with Gasteiger partial charge in [0.15, 0.2) is 0 Å². The summed E-state index contributed by atoms with van der Waals surface area (Å²) in [5, 5.41) is 14.2. The van der Waals surface area contributed by atoms with Gasteiger partial charge < -0.3 is 5.32 Å². The molecule has 1 heterocycles. The molecule has 4 heteroatoms. The number of nitrogens with one attached hydrogen (secondary N) is 1. The van der Waals surface area contributed by atoms with E-state index in [9.17, 15) is 0 Å². The Hall–Kier alpha value is -0.480. The largest absolute Gasteiger partial charge is 0.311 e. The van der Waals surface area contributed by atoms with Crippen molar-refractivity contribution in [2.75, 3.05) is 7.05 Å². The molecule has 0 aliphatic heterocycles. The average Bonchev–Trinajstić information content (AvgIpc) is 2.84. The minimum Gasteiger partial charge on any atom is -0.311 e. The van der Waals surface area contributed by atoms with Gasteiger partial charge in [0.25, 0.3) is 0 Å². The molecule has 1 aliphatic rings. The first-order chi connectivity index (χ1) is 7.22. The zero-order valence-corrected chi connectivity index (χ0v) is 10.5. The van der Waals surface area contributed by atoms with Crippen LogP contribution < -0.4 is 5.32 Å². The van der Waals surface area contributed by atoms with Crippen molar-refractivity contribution in [3.05, 3.63) is 10.0 Å². The van der Waals surface area contributed by atoms with E-state index in [0.29, 0.717) is 12.0 Å². The third-order valence-corrected chi connectivity index (χ3v) is 4.68. The molecule has 15 heavy (non-hydrogen) atoms. The van der Waals surface area contributed by atoms with Gasteiger partial charge in [-0.25, -0.2) is 0 Å². The molecule has 0 saturated heterocycles. The van der Waals surface area contributed by atoms with E-state index < -0.39 is 0 Å². The second-order valence-electron chi connectivity index (χ2n) is 4.50. The van der Waals surface area contributed by atoms with Crippen LogP contribution in [0.25, 0.3) is 0 Å². The molecule has 1 fully saturated rings. The predicted molar refractivity (Wildman–Crippen MR) is 63.1 cm³/mol. The smallest absolute Gasteiger partial charge is 0.134 e. The Balaban J connectivity index is 2.12. The van der Waals surface area contributed by atoms with E-state index in [1.807, 2.05) is 7.05 Å². The average molecular weight is 225 g/mol. The summed E-state index contributed by atoms with van der Waals surface area (Å²) in [5.41, 5.74) is 0. The SMILES string of the molecule is CNC(C)c1nnc(C2CCCC2C)s1. The zero-order chi connectivity index (χ0) is 10.8. The van der Waals surface area contributed by atoms with Crippen LogP contribution in [0, 0.1) is 5.92 Å². The monoisotopic (exact) mass is 225 g/mol. The van der Waals surface area contributed by atoms with Crippen LogP contribution >= 0.6 is 11.3 Å². The van der Waals surface area contributed by atoms with Gasteiger partial charge in [0, 0.05) is 5.92 Å². The van der Waals surface area contributed by atoms with Crippen molar-refractivity contribution in [2.24, 2.45) is 5.92 Å². The van der Waals surface area contributed by atoms with Gasteiger partial charge in [-0.3, -0.25) is 0 Å². The first-order valence-electron chi connectivity index (χ1n) is 5.73. The molecule has 1 aromatic heterocycles. The quantitative estimate of drug-likeness (QED) is 0.859. The van der Waals surface area contributed by atoms with E-state index in [0.717, 1.165) is 10.9 Å². The highest BCUT2D eigenvalue weighted by Crippen LogP contribution is 2.40. The molecule has 1 N–H and O–H groups in total. The van der Waals surface area contributed by atoms with Gasteiger partial charge in [-0.2, -0.15) is 0 Å². The summed E-state index contributed by atoms with van der Waals surface area (Å²) in [6.07, 6.45) is 3.99. The number of hydrogen-bond donors (Lipinski definition) is 1. The van der Waals surface area contributed by atoms with E-state index in [2.05, 4.69) is 29.4 Å². The summed E-state index contributed by atoms with van der Waals surface area (Å²) in [6.45, 7) is 4.46. The molecule has 3 unspecified atom stereocenters. The second kappa shape index (κ2) is 4.58. The fraction of sp³-hybridized carbons (Fsp3) is 0.818. The van der Waals surface area contributed by atoms with Crippen LogP contribution in [0.3, 0.4) is 0 Å². The third kappa shape index (κ3) is 2.21. The Morgan fingerprint density at radius 3 is 2.80 bits per heavy atom. The van der Waals surface area contributed by atoms with E-state index in [-0.39, 0.29) is 0 Å². The minimum atomic E-state index is 0.327. The van der Waals surface area contributed by atoms with Gasteiger partial charge in [-0.05, 0) is 26.3 Å². The van der Waals surface area contributed by atoms with Crippen molar-refractivity contribution in [3.63, 3.8) is 0 Å². The summed E-state index contributed by atoms with van der Waals surface area (Å²) < 4.78 is 0. The van der Waals surface area contributed by atoms with Crippen LogP contribution in [-0.2, 0) is 0 Å². The van der Waals surface area contributed by atoms with E-state index >= 15 is 0 Å². The van der Waals surface area contributed by atoms with Crippen molar-refractivity contribution in [3.8, 4) is 0 Å². The van der Waals surface area contributed by atoms with Gasteiger partial charge in [-0.1, -0.05) is 31.1 Å². The Bertz CT molecular complexity index is 323. The van der Waals surface area contributed by atoms with Crippen LogP contribution in [0.15, 0.2) is 0 Å². The Kier molecular flexibility index (Phi) is 3.36. The van der Waals surface area contributed by atoms with Gasteiger partial charge in [0.2, 0.25) is 0 Å². The molecule has 1 aliphatic carbocycles. The molecule has 0 aromatic carbocycles. The molecule has 3 atom stereocenters. The molecule has 1 saturated carbocycles. The van der Waals surface area contributed by atoms with Gasteiger partial charge >= 0.3 is 0 Å². The molecule has 0 spiro atoms. The highest BCUT2D eigenvalue weighted by atomic mass is 32.1. The molecule has 84 valence electrons. The lowest BCUT2D eigenvalue weighted by Gasteiger charge is -2.10. The summed E-state index contributed by atoms with van der Waals surface area (Å²) in [6, 6.07) is 0.327. The maximum Gasteiger partial charge on any atom is 0.134 e. The number of nitrogens with zero attached hydrogens (tertiary/aromatic N) is 2. The molecule has 0 amide bonds. The number of aromatic nitrogens is 2. The summed E-state index contributed by atoms with van der Waals surface area (Å²) >= 11 is 1.78. The summed E-state index contributed by atoms with van der Waals surface area (Å²) in [5.74, 6) is 1.45. The minimum absolute atomic E-state index is 0.327. The second-order valence-corrected chi connectivity index (χ2v) is 5.54. The number of rotatable bonds is 3. The van der Waals surface area contributed by atoms with E-state index in [4.69, 9.17) is 0 Å². The van der Waals surface area contributed by atoms with Crippen LogP contribution in [0.5, 0.6) is 0 Å².